The number of benzene rings is 9. The van der Waals surface area contributed by atoms with Gasteiger partial charge in [-0.05, 0) is 97.1 Å². The van der Waals surface area contributed by atoms with Gasteiger partial charge in [0.15, 0.2) is 0 Å². The summed E-state index contributed by atoms with van der Waals surface area (Å²) in [6, 6.07) is 72.7. The molecular formula is C56H32N6. The number of nitriles is 2. The third kappa shape index (κ3) is 4.50. The first-order valence-electron chi connectivity index (χ1n) is 20.7. The first-order valence-corrected chi connectivity index (χ1v) is 20.7. The number of fused-ring (bicyclic) bond motifs is 12. The van der Waals surface area contributed by atoms with Gasteiger partial charge >= 0.3 is 0 Å². The molecule has 0 atom stereocenters. The Bertz CT molecular complexity index is 3650. The number of hydrogen-bond acceptors (Lipinski definition) is 4. The summed E-state index contributed by atoms with van der Waals surface area (Å²) in [5, 5.41) is 29.8. The Morgan fingerprint density at radius 2 is 0.677 bits per heavy atom. The van der Waals surface area contributed by atoms with Gasteiger partial charge in [-0.2, -0.15) is 10.5 Å². The highest BCUT2D eigenvalue weighted by molar-refractivity contribution is 6.33. The molecule has 6 heteroatoms. The van der Waals surface area contributed by atoms with Crippen LogP contribution >= 0.6 is 0 Å². The van der Waals surface area contributed by atoms with Crippen LogP contribution in [0.15, 0.2) is 194 Å². The first-order chi connectivity index (χ1) is 30.7. The van der Waals surface area contributed by atoms with E-state index in [0.29, 0.717) is 11.1 Å². The van der Waals surface area contributed by atoms with Gasteiger partial charge in [0.2, 0.25) is 0 Å². The van der Waals surface area contributed by atoms with Gasteiger partial charge in [-0.25, -0.2) is 0 Å². The predicted molar refractivity (Wildman–Crippen MR) is 255 cm³/mol. The zero-order valence-electron chi connectivity index (χ0n) is 33.2. The molecule has 13 aromatic rings. The standard InChI is InChI=1S/C56H32N6/c57-33-35-15-13-25-45-51(35)53-47(59(37-17-5-1-6-18-37)38-19-7-2-8-20-38)29-27-41-43-31-50-44(32-49(43)61(45)55(41)53)42-28-30-48(54-52-36(34-58)16-14-26-46(52)62(50)56(42)54)60(39-21-9-3-10-22-39)40-23-11-4-12-24-40/h1-32H. The summed E-state index contributed by atoms with van der Waals surface area (Å²) in [5.41, 5.74) is 13.8. The fourth-order valence-corrected chi connectivity index (χ4v) is 10.4. The van der Waals surface area contributed by atoms with Gasteiger partial charge in [0, 0.05) is 65.8 Å². The number of aromatic nitrogens is 2. The molecule has 4 heterocycles. The second kappa shape index (κ2) is 12.8. The molecule has 13 rings (SSSR count). The monoisotopic (exact) mass is 788 g/mol. The third-order valence-corrected chi connectivity index (χ3v) is 12.8. The maximum absolute atomic E-state index is 10.7. The van der Waals surface area contributed by atoms with Gasteiger partial charge in [-0.3, -0.25) is 0 Å². The largest absolute Gasteiger partial charge is 0.310 e. The van der Waals surface area contributed by atoms with Crippen molar-refractivity contribution in [3.05, 3.63) is 205 Å². The number of para-hydroxylation sites is 4. The van der Waals surface area contributed by atoms with Crippen LogP contribution in [0.4, 0.5) is 34.1 Å². The minimum absolute atomic E-state index is 0.643. The highest BCUT2D eigenvalue weighted by Crippen LogP contribution is 2.51. The van der Waals surface area contributed by atoms with E-state index in [4.69, 9.17) is 0 Å². The molecule has 4 aromatic heterocycles. The van der Waals surface area contributed by atoms with E-state index in [1.165, 1.54) is 0 Å². The predicted octanol–water partition coefficient (Wildman–Crippen LogP) is 14.7. The second-order valence-corrected chi connectivity index (χ2v) is 15.9. The summed E-state index contributed by atoms with van der Waals surface area (Å²) in [5.74, 6) is 0. The number of anilines is 6. The van der Waals surface area contributed by atoms with Crippen molar-refractivity contribution < 1.29 is 0 Å². The maximum Gasteiger partial charge on any atom is 0.0999 e. The van der Waals surface area contributed by atoms with Crippen molar-refractivity contribution in [2.75, 3.05) is 9.80 Å². The van der Waals surface area contributed by atoms with E-state index in [1.807, 2.05) is 48.5 Å². The van der Waals surface area contributed by atoms with Crippen molar-refractivity contribution >= 4 is 110 Å². The van der Waals surface area contributed by atoms with Crippen molar-refractivity contribution in [1.29, 1.82) is 10.5 Å². The number of nitrogens with zero attached hydrogens (tertiary/aromatic N) is 6. The molecule has 0 amide bonds. The minimum atomic E-state index is 0.643. The Hall–Kier alpha value is -8.84. The molecule has 9 aromatic carbocycles. The maximum atomic E-state index is 10.7. The van der Waals surface area contributed by atoms with Crippen LogP contribution in [-0.4, -0.2) is 8.80 Å². The van der Waals surface area contributed by atoms with E-state index in [0.717, 1.165) is 110 Å². The Kier molecular flexibility index (Phi) is 7.05. The van der Waals surface area contributed by atoms with Crippen LogP contribution in [0.5, 0.6) is 0 Å². The van der Waals surface area contributed by atoms with Crippen molar-refractivity contribution in [3.63, 3.8) is 0 Å². The zero-order valence-corrected chi connectivity index (χ0v) is 33.2. The molecule has 0 bridgehead atoms. The lowest BCUT2D eigenvalue weighted by atomic mass is 10.00. The summed E-state index contributed by atoms with van der Waals surface area (Å²) in [7, 11) is 0. The highest BCUT2D eigenvalue weighted by atomic mass is 15.2. The van der Waals surface area contributed by atoms with Gasteiger partial charge in [-0.15, -0.1) is 0 Å². The van der Waals surface area contributed by atoms with Gasteiger partial charge < -0.3 is 18.6 Å². The molecule has 0 saturated carbocycles. The molecule has 0 aliphatic carbocycles. The highest BCUT2D eigenvalue weighted by Gasteiger charge is 2.29. The lowest BCUT2D eigenvalue weighted by Crippen LogP contribution is -2.10. The zero-order chi connectivity index (χ0) is 41.1. The van der Waals surface area contributed by atoms with Crippen molar-refractivity contribution in [2.45, 2.75) is 0 Å². The molecule has 0 radical (unpaired) electrons. The smallest absolute Gasteiger partial charge is 0.0999 e. The lowest BCUT2D eigenvalue weighted by molar-refractivity contribution is 1.30. The van der Waals surface area contributed by atoms with Crippen LogP contribution in [-0.2, 0) is 0 Å². The Morgan fingerprint density at radius 1 is 0.323 bits per heavy atom. The van der Waals surface area contributed by atoms with Crippen LogP contribution in [0.25, 0.3) is 76.2 Å². The summed E-state index contributed by atoms with van der Waals surface area (Å²) in [6.07, 6.45) is 0. The van der Waals surface area contributed by atoms with Gasteiger partial charge in [0.05, 0.1) is 67.7 Å². The Morgan fingerprint density at radius 3 is 1.02 bits per heavy atom. The second-order valence-electron chi connectivity index (χ2n) is 15.9. The number of rotatable bonds is 6. The first kappa shape index (κ1) is 34.1. The average molecular weight is 789 g/mol. The van der Waals surface area contributed by atoms with Crippen molar-refractivity contribution in [3.8, 4) is 12.1 Å². The molecule has 286 valence electrons. The summed E-state index contributed by atoms with van der Waals surface area (Å²) >= 11 is 0. The SMILES string of the molecule is N#Cc1cccc2c1c1c(N(c3ccccc3)c3ccccc3)ccc3c4cc5c(cc4n2c31)c1ccc(N(c2ccccc2)c2ccccc2)c2c3c(C#N)cccc3n5c12. The van der Waals surface area contributed by atoms with E-state index in [1.54, 1.807) is 0 Å². The molecule has 62 heavy (non-hydrogen) atoms. The van der Waals surface area contributed by atoms with Crippen LogP contribution in [0.3, 0.4) is 0 Å². The Labute approximate surface area is 355 Å². The normalized spacial score (nSPS) is 11.8. The van der Waals surface area contributed by atoms with Crippen molar-refractivity contribution in [2.24, 2.45) is 0 Å². The summed E-state index contributed by atoms with van der Waals surface area (Å²) in [6.45, 7) is 0. The quantitative estimate of drug-likeness (QED) is 0.168. The van der Waals surface area contributed by atoms with Gasteiger partial charge in [0.1, 0.15) is 0 Å². The topological polar surface area (TPSA) is 62.9 Å². The van der Waals surface area contributed by atoms with Crippen LogP contribution in [0.1, 0.15) is 11.1 Å². The fraction of sp³-hybridized carbons (Fsp3) is 0. The minimum Gasteiger partial charge on any atom is -0.310 e. The average Bonchev–Trinajstić information content (AvgIpc) is 4.07. The van der Waals surface area contributed by atoms with Crippen molar-refractivity contribution in [1.82, 2.24) is 8.80 Å². The van der Waals surface area contributed by atoms with E-state index in [9.17, 15) is 10.5 Å². The number of hydrogen-bond donors (Lipinski definition) is 0. The lowest BCUT2D eigenvalue weighted by Gasteiger charge is -2.26. The molecule has 0 aliphatic rings. The van der Waals surface area contributed by atoms with Gasteiger partial charge in [0.25, 0.3) is 0 Å². The van der Waals surface area contributed by atoms with Crippen LogP contribution in [0.2, 0.25) is 0 Å². The molecular weight excluding hydrogens is 757 g/mol. The molecule has 0 spiro atoms. The molecule has 0 N–H and O–H groups in total. The van der Waals surface area contributed by atoms with Crippen LogP contribution in [0, 0.1) is 22.7 Å². The fourth-order valence-electron chi connectivity index (χ4n) is 10.4. The molecule has 6 nitrogen and oxygen atoms in total. The van der Waals surface area contributed by atoms with Crippen LogP contribution < -0.4 is 9.80 Å². The third-order valence-electron chi connectivity index (χ3n) is 12.8. The van der Waals surface area contributed by atoms with Gasteiger partial charge in [-0.1, -0.05) is 97.1 Å². The van der Waals surface area contributed by atoms with E-state index < -0.39 is 0 Å². The molecule has 0 unspecified atom stereocenters. The summed E-state index contributed by atoms with van der Waals surface area (Å²) < 4.78 is 4.76. The van der Waals surface area contributed by atoms with E-state index in [-0.39, 0.29) is 0 Å². The molecule has 0 fully saturated rings. The Balaban J connectivity index is 1.17. The van der Waals surface area contributed by atoms with E-state index in [2.05, 4.69) is 176 Å². The molecule has 0 aliphatic heterocycles. The molecule has 0 saturated heterocycles. The summed E-state index contributed by atoms with van der Waals surface area (Å²) in [4.78, 5) is 4.61. The van der Waals surface area contributed by atoms with E-state index >= 15 is 0 Å².